The van der Waals surface area contributed by atoms with Gasteiger partial charge in [0.2, 0.25) is 0 Å². The predicted molar refractivity (Wildman–Crippen MR) is 99.4 cm³/mol. The molecule has 3 aromatic heterocycles. The fraction of sp³-hybridized carbons (Fsp3) is 0.368. The van der Waals surface area contributed by atoms with E-state index in [9.17, 15) is 4.79 Å². The molecule has 0 N–H and O–H groups in total. The molecule has 1 saturated heterocycles. The Morgan fingerprint density at radius 2 is 2.15 bits per heavy atom. The van der Waals surface area contributed by atoms with Crippen molar-refractivity contribution in [2.45, 2.75) is 18.8 Å². The number of hydrogen-bond donors (Lipinski definition) is 0. The second-order valence-electron chi connectivity index (χ2n) is 6.88. The highest BCUT2D eigenvalue weighted by Gasteiger charge is 2.27. The topological polar surface area (TPSA) is 66.6 Å². The number of carbonyl (C=O) groups excluding carboxylic acids is 1. The van der Waals surface area contributed by atoms with Gasteiger partial charge in [-0.1, -0.05) is 0 Å². The van der Waals surface area contributed by atoms with Crippen molar-refractivity contribution in [3.63, 3.8) is 0 Å². The van der Waals surface area contributed by atoms with Crippen molar-refractivity contribution in [1.82, 2.24) is 24.5 Å². The lowest BCUT2D eigenvalue weighted by atomic mass is 9.94. The Morgan fingerprint density at radius 1 is 1.27 bits per heavy atom. The van der Waals surface area contributed by atoms with Crippen LogP contribution in [-0.4, -0.2) is 57.6 Å². The monoisotopic (exact) mass is 350 g/mol. The first-order valence-corrected chi connectivity index (χ1v) is 8.84. The summed E-state index contributed by atoms with van der Waals surface area (Å²) in [5, 5.41) is 4.38. The Hall–Kier alpha value is -2.96. The molecule has 0 saturated carbocycles. The molecule has 1 atom stereocenters. The Bertz CT molecular complexity index is 920. The van der Waals surface area contributed by atoms with E-state index >= 15 is 0 Å². The van der Waals surface area contributed by atoms with Crippen LogP contribution in [-0.2, 0) is 0 Å². The predicted octanol–water partition coefficient (Wildman–Crippen LogP) is 2.21. The van der Waals surface area contributed by atoms with Crippen LogP contribution in [0.4, 0.5) is 5.82 Å². The highest BCUT2D eigenvalue weighted by Crippen LogP contribution is 2.29. The maximum atomic E-state index is 12.8. The van der Waals surface area contributed by atoms with Crippen LogP contribution in [0.15, 0.2) is 43.0 Å². The smallest absolute Gasteiger partial charge is 0.255 e. The van der Waals surface area contributed by atoms with Crippen molar-refractivity contribution in [2.24, 2.45) is 0 Å². The van der Waals surface area contributed by atoms with Crippen LogP contribution >= 0.6 is 0 Å². The van der Waals surface area contributed by atoms with Crippen LogP contribution in [0.3, 0.4) is 0 Å². The Morgan fingerprint density at radius 3 is 2.92 bits per heavy atom. The second kappa shape index (κ2) is 6.74. The van der Waals surface area contributed by atoms with Crippen molar-refractivity contribution < 1.29 is 4.79 Å². The molecule has 3 aromatic rings. The van der Waals surface area contributed by atoms with Gasteiger partial charge in [0.1, 0.15) is 5.52 Å². The van der Waals surface area contributed by atoms with Crippen molar-refractivity contribution in [3.8, 4) is 0 Å². The van der Waals surface area contributed by atoms with Gasteiger partial charge in [-0.25, -0.2) is 9.50 Å². The summed E-state index contributed by atoms with van der Waals surface area (Å²) in [5.41, 5.74) is 2.60. The quantitative estimate of drug-likeness (QED) is 0.724. The molecular formula is C19H22N6O. The molecule has 7 heteroatoms. The minimum absolute atomic E-state index is 0.0378. The molecule has 26 heavy (non-hydrogen) atoms. The fourth-order valence-corrected chi connectivity index (χ4v) is 3.53. The maximum absolute atomic E-state index is 12.8. The van der Waals surface area contributed by atoms with Gasteiger partial charge in [0, 0.05) is 45.5 Å². The zero-order valence-electron chi connectivity index (χ0n) is 15.0. The summed E-state index contributed by atoms with van der Waals surface area (Å²) in [6.07, 6.45) is 9.07. The number of rotatable bonds is 3. The van der Waals surface area contributed by atoms with Gasteiger partial charge in [-0.15, -0.1) is 0 Å². The molecule has 4 heterocycles. The summed E-state index contributed by atoms with van der Waals surface area (Å²) in [5.74, 6) is 1.14. The molecule has 134 valence electrons. The van der Waals surface area contributed by atoms with Crippen LogP contribution in [0.5, 0.6) is 0 Å². The van der Waals surface area contributed by atoms with E-state index in [1.54, 1.807) is 24.7 Å². The van der Waals surface area contributed by atoms with E-state index in [2.05, 4.69) is 10.1 Å². The summed E-state index contributed by atoms with van der Waals surface area (Å²) in [4.78, 5) is 25.6. The third-order valence-corrected chi connectivity index (χ3v) is 4.85. The van der Waals surface area contributed by atoms with E-state index in [4.69, 9.17) is 4.98 Å². The normalized spacial score (nSPS) is 17.5. The molecule has 0 aromatic carbocycles. The summed E-state index contributed by atoms with van der Waals surface area (Å²) in [6, 6.07) is 5.58. The van der Waals surface area contributed by atoms with Gasteiger partial charge >= 0.3 is 0 Å². The molecule has 1 unspecified atom stereocenters. The molecule has 4 rings (SSSR count). The minimum atomic E-state index is 0.0378. The minimum Gasteiger partial charge on any atom is -0.361 e. The molecule has 1 fully saturated rings. The van der Waals surface area contributed by atoms with E-state index in [0.29, 0.717) is 12.1 Å². The molecule has 0 aliphatic carbocycles. The largest absolute Gasteiger partial charge is 0.361 e. The van der Waals surface area contributed by atoms with E-state index < -0.39 is 0 Å². The number of aromatic nitrogens is 4. The molecular weight excluding hydrogens is 328 g/mol. The highest BCUT2D eigenvalue weighted by molar-refractivity contribution is 5.94. The Balaban J connectivity index is 1.62. The number of likely N-dealkylation sites (tertiary alicyclic amines) is 1. The number of hydrogen-bond acceptors (Lipinski definition) is 5. The van der Waals surface area contributed by atoms with Crippen molar-refractivity contribution >= 4 is 17.2 Å². The third-order valence-electron chi connectivity index (χ3n) is 4.85. The van der Waals surface area contributed by atoms with Gasteiger partial charge in [-0.3, -0.25) is 9.78 Å². The number of carbonyl (C=O) groups is 1. The number of nitrogens with zero attached hydrogens (tertiary/aromatic N) is 6. The third kappa shape index (κ3) is 3.00. The number of anilines is 1. The summed E-state index contributed by atoms with van der Waals surface area (Å²) >= 11 is 0. The van der Waals surface area contributed by atoms with Crippen molar-refractivity contribution in [3.05, 3.63) is 54.2 Å². The van der Waals surface area contributed by atoms with Crippen molar-refractivity contribution in [2.75, 3.05) is 32.1 Å². The molecule has 7 nitrogen and oxygen atoms in total. The molecule has 1 amide bonds. The zero-order valence-corrected chi connectivity index (χ0v) is 15.0. The number of pyridine rings is 1. The first kappa shape index (κ1) is 16.5. The first-order chi connectivity index (χ1) is 12.6. The molecule has 1 aliphatic heterocycles. The van der Waals surface area contributed by atoms with Gasteiger partial charge in [0.05, 0.1) is 23.7 Å². The van der Waals surface area contributed by atoms with Crippen LogP contribution in [0.2, 0.25) is 0 Å². The molecule has 0 spiro atoms. The standard InChI is InChI=1S/C19H22N6O/c1-23(2)18-17-7-9-21-25(17)13-16(22-18)15-6-4-10-24(12-15)19(26)14-5-3-8-20-11-14/h3,5,7-9,11,13,15H,4,6,10,12H2,1-2H3. The van der Waals surface area contributed by atoms with Gasteiger partial charge in [-0.05, 0) is 31.0 Å². The summed E-state index contributed by atoms with van der Waals surface area (Å²) < 4.78 is 1.87. The van der Waals surface area contributed by atoms with E-state index in [1.807, 2.05) is 46.7 Å². The lowest BCUT2D eigenvalue weighted by Gasteiger charge is -2.32. The van der Waals surface area contributed by atoms with Crippen LogP contribution in [0, 0.1) is 0 Å². The number of piperidine rings is 1. The maximum Gasteiger partial charge on any atom is 0.255 e. The molecule has 0 radical (unpaired) electrons. The highest BCUT2D eigenvalue weighted by atomic mass is 16.2. The molecule has 0 bridgehead atoms. The summed E-state index contributed by atoms with van der Waals surface area (Å²) in [7, 11) is 3.97. The van der Waals surface area contributed by atoms with E-state index in [-0.39, 0.29) is 11.8 Å². The van der Waals surface area contributed by atoms with Crippen LogP contribution < -0.4 is 4.90 Å². The van der Waals surface area contributed by atoms with E-state index in [1.165, 1.54) is 0 Å². The zero-order chi connectivity index (χ0) is 18.1. The van der Waals surface area contributed by atoms with Gasteiger partial charge in [0.25, 0.3) is 5.91 Å². The lowest BCUT2D eigenvalue weighted by molar-refractivity contribution is 0.0705. The summed E-state index contributed by atoms with van der Waals surface area (Å²) in [6.45, 7) is 1.44. The average molecular weight is 350 g/mol. The molecule has 1 aliphatic rings. The Labute approximate surface area is 152 Å². The SMILES string of the molecule is CN(C)c1nc(C2CCCN(C(=O)c3cccnc3)C2)cn2nccc12. The Kier molecular flexibility index (Phi) is 4.28. The van der Waals surface area contributed by atoms with Crippen molar-refractivity contribution in [1.29, 1.82) is 0 Å². The van der Waals surface area contributed by atoms with Gasteiger partial charge < -0.3 is 9.80 Å². The fourth-order valence-electron chi connectivity index (χ4n) is 3.53. The average Bonchev–Trinajstić information content (AvgIpc) is 3.16. The van der Waals surface area contributed by atoms with Crippen LogP contribution in [0.1, 0.15) is 34.8 Å². The van der Waals surface area contributed by atoms with Gasteiger partial charge in [-0.2, -0.15) is 5.10 Å². The van der Waals surface area contributed by atoms with Gasteiger partial charge in [0.15, 0.2) is 5.82 Å². The number of amides is 1. The second-order valence-corrected chi connectivity index (χ2v) is 6.88. The van der Waals surface area contributed by atoms with Crippen LogP contribution in [0.25, 0.3) is 5.52 Å². The first-order valence-electron chi connectivity index (χ1n) is 8.84. The van der Waals surface area contributed by atoms with E-state index in [0.717, 1.165) is 36.4 Å². The lowest BCUT2D eigenvalue weighted by Crippen LogP contribution is -2.39. The number of fused-ring (bicyclic) bond motifs is 1.